The molecule has 0 saturated heterocycles. The zero-order chi connectivity index (χ0) is 15.9. The molecule has 0 aliphatic rings. The number of aromatic nitrogens is 1. The van der Waals surface area contributed by atoms with E-state index in [-0.39, 0.29) is 11.3 Å². The summed E-state index contributed by atoms with van der Waals surface area (Å²) in [7, 11) is 0. The fourth-order valence-electron chi connectivity index (χ4n) is 2.21. The first-order valence-electron chi connectivity index (χ1n) is 5.88. The maximum Gasteiger partial charge on any atom is 0.454 e. The third kappa shape index (κ3) is 3.09. The van der Waals surface area contributed by atoms with Crippen molar-refractivity contribution in [1.29, 1.82) is 0 Å². The van der Waals surface area contributed by atoms with E-state index in [1.165, 1.54) is 23.6 Å². The highest BCUT2D eigenvalue weighted by Crippen LogP contribution is 2.29. The molecule has 0 fully saturated rings. The van der Waals surface area contributed by atoms with Crippen LogP contribution in [-0.2, 0) is 0 Å². The fourth-order valence-corrected chi connectivity index (χ4v) is 2.73. The van der Waals surface area contributed by atoms with Crippen LogP contribution >= 0.6 is 23.2 Å². The number of ketones is 1. The van der Waals surface area contributed by atoms with Crippen LogP contribution in [0.5, 0.6) is 0 Å². The van der Waals surface area contributed by atoms with Crippen LogP contribution in [0.15, 0.2) is 24.3 Å². The number of alkyl halides is 3. The van der Waals surface area contributed by atoms with Gasteiger partial charge < -0.3 is 4.57 Å². The summed E-state index contributed by atoms with van der Waals surface area (Å²) in [5, 5.41) is 0.711. The number of carbonyl (C=O) groups excluding carboxylic acids is 1. The molecule has 0 unspecified atom stereocenters. The average Bonchev–Trinajstić information content (AvgIpc) is 2.61. The minimum absolute atomic E-state index is 0.188. The van der Waals surface area contributed by atoms with Crippen LogP contribution in [0.2, 0.25) is 10.0 Å². The molecule has 2 aromatic rings. The number of rotatable bonds is 2. The second-order valence-corrected chi connectivity index (χ2v) is 5.45. The summed E-state index contributed by atoms with van der Waals surface area (Å²) in [6, 6.07) is 5.85. The molecule has 0 saturated carbocycles. The van der Waals surface area contributed by atoms with Gasteiger partial charge in [-0.25, -0.2) is 0 Å². The molecule has 1 aromatic carbocycles. The number of hydrogen-bond donors (Lipinski definition) is 0. The van der Waals surface area contributed by atoms with Gasteiger partial charge in [0.25, 0.3) is 5.78 Å². The molecule has 0 radical (unpaired) electrons. The van der Waals surface area contributed by atoms with Crippen molar-refractivity contribution >= 4 is 29.0 Å². The standard InChI is InChI=1S/C14H10Cl2F3NO/c1-7-3-12(13(21)14(17,18)19)8(2)20(7)11-5-9(15)4-10(16)6-11/h3-6H,1-2H3. The molecule has 0 amide bonds. The number of hydrogen-bond acceptors (Lipinski definition) is 1. The van der Waals surface area contributed by atoms with Gasteiger partial charge in [0.1, 0.15) is 0 Å². The van der Waals surface area contributed by atoms with Crippen molar-refractivity contribution in [2.24, 2.45) is 0 Å². The Labute approximate surface area is 129 Å². The maximum absolute atomic E-state index is 12.6. The Morgan fingerprint density at radius 2 is 1.57 bits per heavy atom. The molecule has 1 heterocycles. The smallest absolute Gasteiger partial charge is 0.318 e. The van der Waals surface area contributed by atoms with Crippen molar-refractivity contribution in [3.8, 4) is 5.69 Å². The Bertz CT molecular complexity index is 699. The molecular weight excluding hydrogens is 326 g/mol. The van der Waals surface area contributed by atoms with Crippen LogP contribution in [0.25, 0.3) is 5.69 Å². The molecule has 2 nitrogen and oxygen atoms in total. The lowest BCUT2D eigenvalue weighted by Crippen LogP contribution is -2.23. The first-order chi connectivity index (χ1) is 9.61. The highest BCUT2D eigenvalue weighted by Gasteiger charge is 2.41. The number of benzene rings is 1. The normalized spacial score (nSPS) is 11.8. The minimum Gasteiger partial charge on any atom is -0.318 e. The predicted molar refractivity (Wildman–Crippen MR) is 75.6 cm³/mol. The van der Waals surface area contributed by atoms with Gasteiger partial charge in [-0.15, -0.1) is 0 Å². The van der Waals surface area contributed by atoms with Gasteiger partial charge in [0.2, 0.25) is 0 Å². The average molecular weight is 336 g/mol. The number of carbonyl (C=O) groups is 1. The van der Waals surface area contributed by atoms with E-state index >= 15 is 0 Å². The molecule has 0 aliphatic carbocycles. The lowest BCUT2D eigenvalue weighted by Gasteiger charge is -2.11. The van der Waals surface area contributed by atoms with Crippen molar-refractivity contribution in [1.82, 2.24) is 4.57 Å². The predicted octanol–water partition coefficient (Wildman–Crippen LogP) is 5.15. The fraction of sp³-hybridized carbons (Fsp3) is 0.214. The molecule has 0 aliphatic heterocycles. The van der Waals surface area contributed by atoms with Crippen LogP contribution in [0.3, 0.4) is 0 Å². The summed E-state index contributed by atoms with van der Waals surface area (Å²) in [5.74, 6) is -1.87. The molecule has 1 aromatic heterocycles. The van der Waals surface area contributed by atoms with Crippen molar-refractivity contribution < 1.29 is 18.0 Å². The maximum atomic E-state index is 12.6. The van der Waals surface area contributed by atoms with Gasteiger partial charge in [-0.2, -0.15) is 13.2 Å². The highest BCUT2D eigenvalue weighted by atomic mass is 35.5. The van der Waals surface area contributed by atoms with E-state index in [2.05, 4.69) is 0 Å². The molecular formula is C14H10Cl2F3NO. The van der Waals surface area contributed by atoms with Gasteiger partial charge in [0.15, 0.2) is 0 Å². The second kappa shape index (κ2) is 5.39. The second-order valence-electron chi connectivity index (χ2n) is 4.57. The molecule has 21 heavy (non-hydrogen) atoms. The number of Topliss-reactive ketones (excluding diaryl/α,β-unsaturated/α-hetero) is 1. The van der Waals surface area contributed by atoms with Crippen LogP contribution in [-0.4, -0.2) is 16.5 Å². The van der Waals surface area contributed by atoms with Gasteiger partial charge in [-0.1, -0.05) is 23.2 Å². The van der Waals surface area contributed by atoms with Gasteiger partial charge >= 0.3 is 6.18 Å². The molecule has 0 N–H and O–H groups in total. The molecule has 0 spiro atoms. The van der Waals surface area contributed by atoms with E-state index in [0.717, 1.165) is 0 Å². The summed E-state index contributed by atoms with van der Waals surface area (Å²) in [4.78, 5) is 11.4. The first-order valence-corrected chi connectivity index (χ1v) is 6.64. The van der Waals surface area contributed by atoms with Crippen LogP contribution < -0.4 is 0 Å². The molecule has 0 atom stereocenters. The third-order valence-corrected chi connectivity index (χ3v) is 3.48. The van der Waals surface area contributed by atoms with Crippen molar-refractivity contribution in [3.63, 3.8) is 0 Å². The lowest BCUT2D eigenvalue weighted by atomic mass is 10.1. The summed E-state index contributed by atoms with van der Waals surface area (Å²) >= 11 is 11.8. The molecule has 0 bridgehead atoms. The zero-order valence-corrected chi connectivity index (χ0v) is 12.6. The Balaban J connectivity index is 2.62. The minimum atomic E-state index is -4.91. The third-order valence-electron chi connectivity index (χ3n) is 3.04. The van der Waals surface area contributed by atoms with E-state index in [4.69, 9.17) is 23.2 Å². The summed E-state index contributed by atoms with van der Waals surface area (Å²) < 4.78 is 39.3. The van der Waals surface area contributed by atoms with Gasteiger partial charge in [-0.05, 0) is 38.1 Å². The Kier molecular flexibility index (Phi) is 4.08. The van der Waals surface area contributed by atoms with Gasteiger partial charge in [0.05, 0.1) is 0 Å². The van der Waals surface area contributed by atoms with E-state index in [9.17, 15) is 18.0 Å². The summed E-state index contributed by atoms with van der Waals surface area (Å²) in [6.45, 7) is 3.05. The Morgan fingerprint density at radius 1 is 1.05 bits per heavy atom. The van der Waals surface area contributed by atoms with E-state index in [0.29, 0.717) is 21.4 Å². The topological polar surface area (TPSA) is 22.0 Å². The van der Waals surface area contributed by atoms with E-state index in [1.54, 1.807) is 19.1 Å². The SMILES string of the molecule is Cc1cc(C(=O)C(F)(F)F)c(C)n1-c1cc(Cl)cc(Cl)c1. The number of nitrogens with zero attached hydrogens (tertiary/aromatic N) is 1. The molecule has 7 heteroatoms. The van der Waals surface area contributed by atoms with Crippen molar-refractivity contribution in [2.75, 3.05) is 0 Å². The van der Waals surface area contributed by atoms with Gasteiger partial charge in [-0.3, -0.25) is 4.79 Å². The van der Waals surface area contributed by atoms with Crippen LogP contribution in [0, 0.1) is 13.8 Å². The van der Waals surface area contributed by atoms with Crippen molar-refractivity contribution in [2.45, 2.75) is 20.0 Å². The van der Waals surface area contributed by atoms with Crippen LogP contribution in [0.1, 0.15) is 21.7 Å². The zero-order valence-electron chi connectivity index (χ0n) is 11.1. The molecule has 112 valence electrons. The van der Waals surface area contributed by atoms with Gasteiger partial charge in [0, 0.05) is 32.7 Å². The van der Waals surface area contributed by atoms with Crippen molar-refractivity contribution in [3.05, 3.63) is 51.3 Å². The largest absolute Gasteiger partial charge is 0.454 e. The summed E-state index contributed by atoms with van der Waals surface area (Å²) in [5.41, 5.74) is 0.798. The Morgan fingerprint density at radius 3 is 2.05 bits per heavy atom. The first kappa shape index (κ1) is 15.9. The van der Waals surface area contributed by atoms with Crippen LogP contribution in [0.4, 0.5) is 13.2 Å². The molecule has 2 rings (SSSR count). The number of halogens is 5. The lowest BCUT2D eigenvalue weighted by molar-refractivity contribution is -0.0885. The Hall–Kier alpha value is -1.46. The monoisotopic (exact) mass is 335 g/mol. The highest BCUT2D eigenvalue weighted by molar-refractivity contribution is 6.34. The number of aryl methyl sites for hydroxylation is 1. The van der Waals surface area contributed by atoms with E-state index in [1.807, 2.05) is 0 Å². The summed E-state index contributed by atoms with van der Waals surface area (Å²) in [6.07, 6.45) is -4.91. The van der Waals surface area contributed by atoms with E-state index < -0.39 is 12.0 Å². The quantitative estimate of drug-likeness (QED) is 0.696.